The molecule has 0 atom stereocenters. The molecule has 4 rings (SSSR count). The summed E-state index contributed by atoms with van der Waals surface area (Å²) in [4.78, 5) is 16.9. The Morgan fingerprint density at radius 3 is 2.74 bits per heavy atom. The molecule has 0 N–H and O–H groups in total. The van der Waals surface area contributed by atoms with Gasteiger partial charge in [0.25, 0.3) is 0 Å². The third kappa shape index (κ3) is 4.13. The number of nitrogens with zero attached hydrogens (tertiary/aromatic N) is 1. The van der Waals surface area contributed by atoms with Crippen LogP contribution in [0.3, 0.4) is 0 Å². The Bertz CT molecular complexity index is 1130. The number of hydrogen-bond acceptors (Lipinski definition) is 5. The van der Waals surface area contributed by atoms with E-state index >= 15 is 0 Å². The maximum absolute atomic E-state index is 12.3. The van der Waals surface area contributed by atoms with Crippen molar-refractivity contribution in [1.29, 1.82) is 0 Å². The summed E-state index contributed by atoms with van der Waals surface area (Å²) in [6.07, 6.45) is 0. The number of fused-ring (bicyclic) bond motifs is 2. The monoisotopic (exact) mass is 389 g/mol. The van der Waals surface area contributed by atoms with Crippen molar-refractivity contribution >= 4 is 50.1 Å². The number of para-hydroxylation sites is 1. The molecule has 0 bridgehead atoms. The van der Waals surface area contributed by atoms with Crippen LogP contribution in [0.25, 0.3) is 21.0 Å². The van der Waals surface area contributed by atoms with Gasteiger partial charge in [-0.25, -0.2) is 9.78 Å². The predicted molar refractivity (Wildman–Crippen MR) is 112 cm³/mol. The molecule has 0 aliphatic carbocycles. The number of esters is 1. The number of rotatable bonds is 4. The molecule has 0 saturated heterocycles. The number of hydrogen-bond donors (Lipinski definition) is 0. The van der Waals surface area contributed by atoms with E-state index in [2.05, 4.69) is 22.9 Å². The number of thiazole rings is 1. The standard InChI is InChI=1S/C22H15NO2S2/c24-21(18-11-7-9-16-8-1-2-10-17(16)18)25-14-5-6-15-26-22-23-19-12-3-4-13-20(19)27-22/h1-4,7-13H,14-15H2. The van der Waals surface area contributed by atoms with E-state index in [9.17, 15) is 4.79 Å². The first-order valence-corrected chi connectivity index (χ1v) is 10.2. The molecule has 0 radical (unpaired) electrons. The van der Waals surface area contributed by atoms with Gasteiger partial charge < -0.3 is 4.74 Å². The number of ether oxygens (including phenoxy) is 1. The average molecular weight is 390 g/mol. The molecule has 0 aliphatic rings. The van der Waals surface area contributed by atoms with Gasteiger partial charge >= 0.3 is 5.97 Å². The van der Waals surface area contributed by atoms with Gasteiger partial charge in [0.2, 0.25) is 0 Å². The first-order chi connectivity index (χ1) is 13.3. The maximum Gasteiger partial charge on any atom is 0.339 e. The van der Waals surface area contributed by atoms with Crippen LogP contribution >= 0.6 is 23.1 Å². The Kier molecular flexibility index (Phi) is 5.38. The third-order valence-corrected chi connectivity index (χ3v) is 6.01. The van der Waals surface area contributed by atoms with Crippen molar-refractivity contribution in [2.24, 2.45) is 0 Å². The van der Waals surface area contributed by atoms with Crippen LogP contribution in [0.4, 0.5) is 0 Å². The molecule has 3 nitrogen and oxygen atoms in total. The summed E-state index contributed by atoms with van der Waals surface area (Å²) in [6, 6.07) is 21.5. The summed E-state index contributed by atoms with van der Waals surface area (Å²) in [5, 5.41) is 1.91. The molecule has 3 aromatic carbocycles. The quantitative estimate of drug-likeness (QED) is 0.266. The van der Waals surface area contributed by atoms with Gasteiger partial charge in [-0.3, -0.25) is 0 Å². The lowest BCUT2D eigenvalue weighted by Crippen LogP contribution is -2.06. The zero-order valence-corrected chi connectivity index (χ0v) is 16.0. The molecular formula is C22H15NO2S2. The summed E-state index contributed by atoms with van der Waals surface area (Å²) >= 11 is 3.26. The average Bonchev–Trinajstić information content (AvgIpc) is 3.13. The topological polar surface area (TPSA) is 39.2 Å². The highest BCUT2D eigenvalue weighted by molar-refractivity contribution is 8.01. The van der Waals surface area contributed by atoms with Crippen molar-refractivity contribution in [3.8, 4) is 11.8 Å². The molecular weight excluding hydrogens is 374 g/mol. The second kappa shape index (κ2) is 8.26. The van der Waals surface area contributed by atoms with Crippen LogP contribution in [-0.4, -0.2) is 23.3 Å². The molecule has 0 fully saturated rings. The Morgan fingerprint density at radius 1 is 1.00 bits per heavy atom. The van der Waals surface area contributed by atoms with Crippen LogP contribution in [0.1, 0.15) is 10.4 Å². The summed E-state index contributed by atoms with van der Waals surface area (Å²) in [5.41, 5.74) is 1.58. The molecule has 0 amide bonds. The van der Waals surface area contributed by atoms with Crippen molar-refractivity contribution in [3.63, 3.8) is 0 Å². The van der Waals surface area contributed by atoms with E-state index < -0.39 is 0 Å². The fourth-order valence-electron chi connectivity index (χ4n) is 2.70. The first-order valence-electron chi connectivity index (χ1n) is 8.40. The van der Waals surface area contributed by atoms with Crippen molar-refractivity contribution in [1.82, 2.24) is 4.98 Å². The third-order valence-electron chi connectivity index (χ3n) is 3.95. The van der Waals surface area contributed by atoms with E-state index in [1.165, 1.54) is 4.70 Å². The lowest BCUT2D eigenvalue weighted by atomic mass is 10.1. The van der Waals surface area contributed by atoms with E-state index in [0.29, 0.717) is 11.3 Å². The summed E-state index contributed by atoms with van der Waals surface area (Å²) in [6.45, 7) is 0.0858. The number of carbonyl (C=O) groups excluding carboxylic acids is 1. The fourth-order valence-corrected chi connectivity index (χ4v) is 4.53. The smallest absolute Gasteiger partial charge is 0.339 e. The molecule has 0 unspecified atom stereocenters. The summed E-state index contributed by atoms with van der Waals surface area (Å²) in [7, 11) is 0. The second-order valence-corrected chi connectivity index (χ2v) is 7.95. The normalized spacial score (nSPS) is 10.5. The molecule has 4 aromatic rings. The van der Waals surface area contributed by atoms with Gasteiger partial charge in [-0.05, 0) is 29.0 Å². The van der Waals surface area contributed by atoms with E-state index in [1.807, 2.05) is 54.6 Å². The minimum absolute atomic E-state index is 0.0858. The van der Waals surface area contributed by atoms with Crippen LogP contribution in [0, 0.1) is 11.8 Å². The second-order valence-electron chi connectivity index (χ2n) is 5.69. The van der Waals surface area contributed by atoms with Gasteiger partial charge in [0, 0.05) is 0 Å². The highest BCUT2D eigenvalue weighted by atomic mass is 32.2. The Morgan fingerprint density at radius 2 is 1.81 bits per heavy atom. The van der Waals surface area contributed by atoms with Crippen LogP contribution in [0.15, 0.2) is 71.1 Å². The fraction of sp³-hybridized carbons (Fsp3) is 0.0909. The molecule has 0 saturated carbocycles. The van der Waals surface area contributed by atoms with Crippen molar-refractivity contribution in [2.45, 2.75) is 4.34 Å². The highest BCUT2D eigenvalue weighted by Gasteiger charge is 2.10. The van der Waals surface area contributed by atoms with Crippen molar-refractivity contribution in [2.75, 3.05) is 12.4 Å². The van der Waals surface area contributed by atoms with Crippen LogP contribution < -0.4 is 0 Å². The molecule has 1 aromatic heterocycles. The molecule has 1 heterocycles. The lowest BCUT2D eigenvalue weighted by molar-refractivity contribution is 0.0559. The SMILES string of the molecule is O=C(OCC#CCSc1nc2ccccc2s1)c1cccc2ccccc12. The molecule has 5 heteroatoms. The zero-order valence-electron chi connectivity index (χ0n) is 14.3. The number of thioether (sulfide) groups is 1. The van der Waals surface area contributed by atoms with Gasteiger partial charge in [-0.15, -0.1) is 11.3 Å². The minimum Gasteiger partial charge on any atom is -0.449 e. The number of benzene rings is 3. The molecule has 0 aliphatic heterocycles. The zero-order chi connectivity index (χ0) is 18.5. The van der Waals surface area contributed by atoms with E-state index in [0.717, 1.165) is 20.6 Å². The maximum atomic E-state index is 12.3. The van der Waals surface area contributed by atoms with E-state index in [4.69, 9.17) is 4.74 Å². The first kappa shape index (κ1) is 17.6. The highest BCUT2D eigenvalue weighted by Crippen LogP contribution is 2.28. The summed E-state index contributed by atoms with van der Waals surface area (Å²) < 4.78 is 7.48. The molecule has 132 valence electrons. The Labute approximate surface area is 165 Å². The Hall–Kier alpha value is -2.81. The van der Waals surface area contributed by atoms with Gasteiger partial charge in [-0.1, -0.05) is 72.1 Å². The van der Waals surface area contributed by atoms with Crippen LogP contribution in [-0.2, 0) is 4.74 Å². The lowest BCUT2D eigenvalue weighted by Gasteiger charge is -2.05. The van der Waals surface area contributed by atoms with Gasteiger partial charge in [0.05, 0.1) is 21.5 Å². The minimum atomic E-state index is -0.347. The number of aromatic nitrogens is 1. The van der Waals surface area contributed by atoms with Crippen molar-refractivity contribution in [3.05, 3.63) is 72.3 Å². The van der Waals surface area contributed by atoms with Crippen molar-refractivity contribution < 1.29 is 9.53 Å². The van der Waals surface area contributed by atoms with Crippen LogP contribution in [0.5, 0.6) is 0 Å². The number of carbonyl (C=O) groups is 1. The largest absolute Gasteiger partial charge is 0.449 e. The summed E-state index contributed by atoms with van der Waals surface area (Å²) in [5.74, 6) is 6.20. The van der Waals surface area contributed by atoms with E-state index in [1.54, 1.807) is 29.2 Å². The van der Waals surface area contributed by atoms with E-state index in [-0.39, 0.29) is 12.6 Å². The Balaban J connectivity index is 1.31. The predicted octanol–water partition coefficient (Wildman–Crippen LogP) is 5.40. The molecule has 27 heavy (non-hydrogen) atoms. The van der Waals surface area contributed by atoms with Gasteiger partial charge in [0.1, 0.15) is 0 Å². The van der Waals surface area contributed by atoms with Crippen LogP contribution in [0.2, 0.25) is 0 Å². The van der Waals surface area contributed by atoms with Gasteiger partial charge in [0.15, 0.2) is 10.9 Å². The molecule has 0 spiro atoms. The van der Waals surface area contributed by atoms with Gasteiger partial charge in [-0.2, -0.15) is 0 Å².